The average molecular weight is 531 g/mol. The molecule has 198 valence electrons. The van der Waals surface area contributed by atoms with E-state index in [-0.39, 0.29) is 18.2 Å². The predicted molar refractivity (Wildman–Crippen MR) is 144 cm³/mol. The van der Waals surface area contributed by atoms with Crippen LogP contribution in [0.25, 0.3) is 11.1 Å². The van der Waals surface area contributed by atoms with Crippen LogP contribution >= 0.6 is 0 Å². The monoisotopic (exact) mass is 530 g/mol. The molecule has 1 aliphatic rings. The number of hydrogen-bond acceptors (Lipinski definition) is 4. The fourth-order valence-electron chi connectivity index (χ4n) is 4.72. The van der Waals surface area contributed by atoms with Crippen LogP contribution < -0.4 is 16.0 Å². The van der Waals surface area contributed by atoms with E-state index >= 15 is 0 Å². The molecule has 6 nitrogen and oxygen atoms in total. The van der Waals surface area contributed by atoms with Crippen molar-refractivity contribution >= 4 is 29.0 Å². The molecule has 0 aliphatic carbocycles. The standard InChI is InChI=1S/C30H25F3N4O2/c1-18-5-11-24(25(15-18)19-6-8-21(9-7-19)30(31,32)33)29(39)36-23-10-12-26-20(16-23)13-14-37(26)28(38)17-22-3-2-4-27(34)35-22/h2-12,15-16H,13-14,17H2,1H3,(H2,34,35)(H,36,39). The normalized spacial score (nSPS) is 12.8. The molecule has 5 rings (SSSR count). The SMILES string of the molecule is Cc1ccc(C(=O)Nc2ccc3c(c2)CCN3C(=O)Cc2cccc(N)n2)c(-c2ccc(C(F)(F)F)cc2)c1. The first-order valence-electron chi connectivity index (χ1n) is 12.3. The molecule has 0 saturated heterocycles. The number of nitrogen functional groups attached to an aromatic ring is 1. The molecule has 0 unspecified atom stereocenters. The van der Waals surface area contributed by atoms with Gasteiger partial charge in [0.15, 0.2) is 0 Å². The molecule has 2 amide bonds. The fourth-order valence-corrected chi connectivity index (χ4v) is 4.72. The fraction of sp³-hybridized carbons (Fsp3) is 0.167. The zero-order valence-electron chi connectivity index (χ0n) is 21.0. The molecular weight excluding hydrogens is 505 g/mol. The van der Waals surface area contributed by atoms with Crippen molar-refractivity contribution in [3.8, 4) is 11.1 Å². The summed E-state index contributed by atoms with van der Waals surface area (Å²) in [6.45, 7) is 2.37. The van der Waals surface area contributed by atoms with Gasteiger partial charge in [0, 0.05) is 23.5 Å². The first kappa shape index (κ1) is 26.0. The van der Waals surface area contributed by atoms with Crippen molar-refractivity contribution in [1.82, 2.24) is 4.98 Å². The van der Waals surface area contributed by atoms with Crippen molar-refractivity contribution < 1.29 is 22.8 Å². The molecular formula is C30H25F3N4O2. The summed E-state index contributed by atoms with van der Waals surface area (Å²) in [7, 11) is 0. The number of fused-ring (bicyclic) bond motifs is 1. The van der Waals surface area contributed by atoms with Gasteiger partial charge in [-0.05, 0) is 78.6 Å². The molecule has 4 aromatic rings. The van der Waals surface area contributed by atoms with Gasteiger partial charge in [0.05, 0.1) is 17.7 Å². The summed E-state index contributed by atoms with van der Waals surface area (Å²) in [6, 6.07) is 20.5. The van der Waals surface area contributed by atoms with E-state index in [1.54, 1.807) is 53.4 Å². The Morgan fingerprint density at radius 2 is 1.77 bits per heavy atom. The third kappa shape index (κ3) is 5.62. The number of rotatable bonds is 5. The van der Waals surface area contributed by atoms with E-state index in [1.165, 1.54) is 12.1 Å². The van der Waals surface area contributed by atoms with E-state index in [9.17, 15) is 22.8 Å². The Morgan fingerprint density at radius 1 is 1.00 bits per heavy atom. The number of carbonyl (C=O) groups is 2. The third-order valence-electron chi connectivity index (χ3n) is 6.64. The number of aromatic nitrogens is 1. The molecule has 3 N–H and O–H groups in total. The minimum atomic E-state index is -4.44. The molecule has 0 atom stereocenters. The third-order valence-corrected chi connectivity index (χ3v) is 6.64. The van der Waals surface area contributed by atoms with Gasteiger partial charge >= 0.3 is 6.18 Å². The molecule has 0 fully saturated rings. The highest BCUT2D eigenvalue weighted by molar-refractivity contribution is 6.09. The second kappa shape index (κ2) is 10.2. The Labute approximate surface area is 223 Å². The van der Waals surface area contributed by atoms with Crippen LogP contribution in [-0.2, 0) is 23.8 Å². The van der Waals surface area contributed by atoms with Crippen LogP contribution in [0.4, 0.5) is 30.4 Å². The predicted octanol–water partition coefficient (Wildman–Crippen LogP) is 6.04. The molecule has 2 heterocycles. The largest absolute Gasteiger partial charge is 0.416 e. The van der Waals surface area contributed by atoms with E-state index in [1.807, 2.05) is 13.0 Å². The van der Waals surface area contributed by atoms with Crippen LogP contribution in [0.2, 0.25) is 0 Å². The van der Waals surface area contributed by atoms with Crippen molar-refractivity contribution in [1.29, 1.82) is 0 Å². The number of halogens is 3. The molecule has 1 aromatic heterocycles. The first-order valence-corrected chi connectivity index (χ1v) is 12.3. The lowest BCUT2D eigenvalue weighted by molar-refractivity contribution is -0.137. The van der Waals surface area contributed by atoms with Crippen LogP contribution in [0, 0.1) is 6.92 Å². The second-order valence-corrected chi connectivity index (χ2v) is 9.45. The van der Waals surface area contributed by atoms with Crippen molar-refractivity contribution in [3.05, 3.63) is 107 Å². The van der Waals surface area contributed by atoms with Gasteiger partial charge in [0.2, 0.25) is 5.91 Å². The van der Waals surface area contributed by atoms with Gasteiger partial charge in [-0.3, -0.25) is 9.59 Å². The lowest BCUT2D eigenvalue weighted by Crippen LogP contribution is -2.30. The number of benzene rings is 3. The summed E-state index contributed by atoms with van der Waals surface area (Å²) in [4.78, 5) is 32.1. The van der Waals surface area contributed by atoms with Gasteiger partial charge in [-0.15, -0.1) is 0 Å². The number of hydrogen-bond donors (Lipinski definition) is 2. The molecule has 39 heavy (non-hydrogen) atoms. The zero-order valence-corrected chi connectivity index (χ0v) is 21.0. The van der Waals surface area contributed by atoms with E-state index in [0.717, 1.165) is 28.9 Å². The number of pyridine rings is 1. The first-order chi connectivity index (χ1) is 18.6. The number of alkyl halides is 3. The van der Waals surface area contributed by atoms with Gasteiger partial charge in [-0.2, -0.15) is 13.2 Å². The van der Waals surface area contributed by atoms with Gasteiger partial charge < -0.3 is 16.0 Å². The van der Waals surface area contributed by atoms with Crippen LogP contribution in [0.3, 0.4) is 0 Å². The molecule has 0 radical (unpaired) electrons. The highest BCUT2D eigenvalue weighted by Gasteiger charge is 2.30. The Morgan fingerprint density at radius 3 is 2.49 bits per heavy atom. The quantitative estimate of drug-likeness (QED) is 0.329. The molecule has 0 spiro atoms. The van der Waals surface area contributed by atoms with Crippen LogP contribution in [0.1, 0.15) is 32.7 Å². The maximum Gasteiger partial charge on any atom is 0.416 e. The molecule has 9 heteroatoms. The molecule has 0 bridgehead atoms. The number of amides is 2. The lowest BCUT2D eigenvalue weighted by Gasteiger charge is -2.18. The highest BCUT2D eigenvalue weighted by Crippen LogP contribution is 2.34. The molecule has 1 aliphatic heterocycles. The smallest absolute Gasteiger partial charge is 0.384 e. The van der Waals surface area contributed by atoms with E-state index in [4.69, 9.17) is 5.73 Å². The Hall–Kier alpha value is -4.66. The van der Waals surface area contributed by atoms with Gasteiger partial charge in [-0.1, -0.05) is 35.9 Å². The number of carbonyl (C=O) groups excluding carboxylic acids is 2. The van der Waals surface area contributed by atoms with Crippen molar-refractivity contribution in [2.45, 2.75) is 25.9 Å². The topological polar surface area (TPSA) is 88.3 Å². The van der Waals surface area contributed by atoms with Gasteiger partial charge in [-0.25, -0.2) is 4.98 Å². The minimum absolute atomic E-state index is 0.0931. The van der Waals surface area contributed by atoms with Crippen molar-refractivity contribution in [2.75, 3.05) is 22.5 Å². The highest BCUT2D eigenvalue weighted by atomic mass is 19.4. The van der Waals surface area contributed by atoms with Crippen LogP contribution in [-0.4, -0.2) is 23.3 Å². The summed E-state index contributed by atoms with van der Waals surface area (Å²) in [5.41, 5.74) is 10.1. The van der Waals surface area contributed by atoms with Crippen molar-refractivity contribution in [3.63, 3.8) is 0 Å². The maximum absolute atomic E-state index is 13.3. The lowest BCUT2D eigenvalue weighted by atomic mass is 9.96. The second-order valence-electron chi connectivity index (χ2n) is 9.45. The number of nitrogens with two attached hydrogens (primary N) is 1. The van der Waals surface area contributed by atoms with Gasteiger partial charge in [0.25, 0.3) is 5.91 Å². The average Bonchev–Trinajstić information content (AvgIpc) is 3.31. The summed E-state index contributed by atoms with van der Waals surface area (Å²) in [5.74, 6) is -0.120. The maximum atomic E-state index is 13.3. The number of nitrogens with zero attached hydrogens (tertiary/aromatic N) is 2. The van der Waals surface area contributed by atoms with Crippen molar-refractivity contribution in [2.24, 2.45) is 0 Å². The van der Waals surface area contributed by atoms with E-state index < -0.39 is 11.7 Å². The minimum Gasteiger partial charge on any atom is -0.384 e. The number of aryl methyl sites for hydroxylation is 1. The summed E-state index contributed by atoms with van der Waals surface area (Å²) in [6.07, 6.45) is -3.68. The number of anilines is 3. The number of nitrogens with one attached hydrogen (secondary N) is 1. The zero-order chi connectivity index (χ0) is 27.7. The van der Waals surface area contributed by atoms with E-state index in [2.05, 4.69) is 10.3 Å². The Kier molecular flexibility index (Phi) is 6.82. The summed E-state index contributed by atoms with van der Waals surface area (Å²) >= 11 is 0. The van der Waals surface area contributed by atoms with Crippen LogP contribution in [0.15, 0.2) is 78.9 Å². The Bertz CT molecular complexity index is 1570. The van der Waals surface area contributed by atoms with Crippen LogP contribution in [0.5, 0.6) is 0 Å². The molecule has 0 saturated carbocycles. The van der Waals surface area contributed by atoms with E-state index in [0.29, 0.717) is 46.9 Å². The summed E-state index contributed by atoms with van der Waals surface area (Å²) in [5, 5.41) is 2.90. The van der Waals surface area contributed by atoms with Gasteiger partial charge in [0.1, 0.15) is 5.82 Å². The molecule has 3 aromatic carbocycles. The Balaban J connectivity index is 1.34. The summed E-state index contributed by atoms with van der Waals surface area (Å²) < 4.78 is 39.1.